The molecule has 0 aromatic heterocycles. The first kappa shape index (κ1) is 17.3. The van der Waals surface area contributed by atoms with E-state index >= 15 is 0 Å². The third-order valence-electron chi connectivity index (χ3n) is 3.63. The van der Waals surface area contributed by atoms with E-state index in [1.807, 2.05) is 36.4 Å². The first-order chi connectivity index (χ1) is 11.1. The Kier molecular flexibility index (Phi) is 6.88. The van der Waals surface area contributed by atoms with Crippen LogP contribution in [0.25, 0.3) is 0 Å². The van der Waals surface area contributed by atoms with Gasteiger partial charge in [0.1, 0.15) is 5.75 Å². The van der Waals surface area contributed by atoms with Gasteiger partial charge in [0, 0.05) is 12.2 Å². The number of unbranched alkanes of at least 4 members (excludes halogenated alkanes) is 1. The second-order valence-electron chi connectivity index (χ2n) is 5.55. The lowest BCUT2D eigenvalue weighted by molar-refractivity contribution is 0.307. The summed E-state index contributed by atoms with van der Waals surface area (Å²) in [4.78, 5) is 0. The van der Waals surface area contributed by atoms with E-state index in [1.165, 1.54) is 11.1 Å². The van der Waals surface area contributed by atoms with Gasteiger partial charge in [-0.05, 0) is 74.3 Å². The third-order valence-corrected chi connectivity index (χ3v) is 3.88. The normalized spacial score (nSPS) is 10.2. The number of rotatable bonds is 7. The van der Waals surface area contributed by atoms with Crippen molar-refractivity contribution in [1.82, 2.24) is 5.32 Å². The zero-order valence-electron chi connectivity index (χ0n) is 13.8. The molecule has 3 nitrogen and oxygen atoms in total. The quantitative estimate of drug-likeness (QED) is 0.581. The zero-order chi connectivity index (χ0) is 16.5. The minimum atomic E-state index is 0.664. The Labute approximate surface area is 144 Å². The number of ether oxygens (including phenoxy) is 1. The van der Waals surface area contributed by atoms with Crippen molar-refractivity contribution in [3.8, 4) is 5.75 Å². The molecule has 2 N–H and O–H groups in total. The molecule has 2 rings (SSSR count). The molecule has 0 amide bonds. The van der Waals surface area contributed by atoms with E-state index in [0.717, 1.165) is 37.4 Å². The molecular formula is C19H24N2OS. The molecule has 0 bridgehead atoms. The first-order valence-corrected chi connectivity index (χ1v) is 8.36. The van der Waals surface area contributed by atoms with Crippen LogP contribution in [0.2, 0.25) is 0 Å². The highest BCUT2D eigenvalue weighted by Gasteiger charge is 1.99. The Hall–Kier alpha value is -2.07. The molecule has 23 heavy (non-hydrogen) atoms. The fraction of sp³-hybridized carbons (Fsp3) is 0.316. The van der Waals surface area contributed by atoms with Crippen LogP contribution in [0.3, 0.4) is 0 Å². The summed E-state index contributed by atoms with van der Waals surface area (Å²) < 4.78 is 5.66. The maximum absolute atomic E-state index is 5.66. The average Bonchev–Trinajstić information content (AvgIpc) is 2.55. The lowest BCUT2D eigenvalue weighted by Crippen LogP contribution is -2.29. The van der Waals surface area contributed by atoms with Gasteiger partial charge in [-0.15, -0.1) is 0 Å². The molecule has 0 fully saturated rings. The zero-order valence-corrected chi connectivity index (χ0v) is 14.6. The maximum atomic E-state index is 5.66. The highest BCUT2D eigenvalue weighted by atomic mass is 32.1. The fourth-order valence-electron chi connectivity index (χ4n) is 2.13. The molecule has 0 aliphatic carbocycles. The number of thiocarbonyl (C=S) groups is 1. The number of aryl methyl sites for hydroxylation is 2. The lowest BCUT2D eigenvalue weighted by Gasteiger charge is -2.12. The number of hydrogen-bond acceptors (Lipinski definition) is 2. The van der Waals surface area contributed by atoms with Crippen molar-refractivity contribution >= 4 is 23.0 Å². The van der Waals surface area contributed by atoms with Gasteiger partial charge in [0.2, 0.25) is 0 Å². The van der Waals surface area contributed by atoms with Crippen LogP contribution in [0.5, 0.6) is 5.75 Å². The van der Waals surface area contributed by atoms with Crippen molar-refractivity contribution in [3.05, 3.63) is 59.7 Å². The topological polar surface area (TPSA) is 33.3 Å². The minimum absolute atomic E-state index is 0.664. The largest absolute Gasteiger partial charge is 0.494 e. The van der Waals surface area contributed by atoms with Gasteiger partial charge >= 0.3 is 0 Å². The van der Waals surface area contributed by atoms with Crippen molar-refractivity contribution in [2.75, 3.05) is 18.5 Å². The van der Waals surface area contributed by atoms with Crippen molar-refractivity contribution in [2.24, 2.45) is 0 Å². The number of benzene rings is 2. The molecule has 0 atom stereocenters. The highest BCUT2D eigenvalue weighted by Crippen LogP contribution is 2.14. The van der Waals surface area contributed by atoms with E-state index in [4.69, 9.17) is 17.0 Å². The lowest BCUT2D eigenvalue weighted by atomic mass is 10.1. The van der Waals surface area contributed by atoms with Crippen LogP contribution < -0.4 is 15.4 Å². The van der Waals surface area contributed by atoms with E-state index in [1.54, 1.807) is 0 Å². The van der Waals surface area contributed by atoms with Crippen molar-refractivity contribution < 1.29 is 4.74 Å². The molecule has 0 unspecified atom stereocenters. The summed E-state index contributed by atoms with van der Waals surface area (Å²) in [6.45, 7) is 5.77. The van der Waals surface area contributed by atoms with Crippen LogP contribution in [0.15, 0.2) is 48.5 Å². The SMILES string of the molecule is Cc1ccc(NC(=S)NCCCCOc2ccccc2)cc1C. The Balaban J connectivity index is 1.58. The number of anilines is 1. The van der Waals surface area contributed by atoms with Crippen molar-refractivity contribution in [1.29, 1.82) is 0 Å². The average molecular weight is 328 g/mol. The van der Waals surface area contributed by atoms with E-state index in [-0.39, 0.29) is 0 Å². The molecule has 0 spiro atoms. The van der Waals surface area contributed by atoms with Gasteiger partial charge in [0.25, 0.3) is 0 Å². The number of para-hydroxylation sites is 1. The van der Waals surface area contributed by atoms with Crippen molar-refractivity contribution in [2.45, 2.75) is 26.7 Å². The van der Waals surface area contributed by atoms with Gasteiger partial charge in [-0.3, -0.25) is 0 Å². The molecule has 0 saturated carbocycles. The van der Waals surface area contributed by atoms with Gasteiger partial charge in [-0.1, -0.05) is 24.3 Å². The van der Waals surface area contributed by atoms with Crippen LogP contribution in [-0.4, -0.2) is 18.3 Å². The van der Waals surface area contributed by atoms with E-state index in [2.05, 4.69) is 36.6 Å². The Morgan fingerprint density at radius 3 is 2.52 bits per heavy atom. The standard InChI is InChI=1S/C19H24N2OS/c1-15-10-11-17(14-16(15)2)21-19(23)20-12-6-7-13-22-18-8-4-3-5-9-18/h3-5,8-11,14H,6-7,12-13H2,1-2H3,(H2,20,21,23). The Morgan fingerprint density at radius 2 is 1.78 bits per heavy atom. The summed E-state index contributed by atoms with van der Waals surface area (Å²) in [6, 6.07) is 16.1. The molecule has 122 valence electrons. The van der Waals surface area contributed by atoms with Crippen LogP contribution in [0.4, 0.5) is 5.69 Å². The van der Waals surface area contributed by atoms with E-state index in [9.17, 15) is 0 Å². The van der Waals surface area contributed by atoms with Crippen LogP contribution in [-0.2, 0) is 0 Å². The van der Waals surface area contributed by atoms with E-state index < -0.39 is 0 Å². The predicted octanol–water partition coefficient (Wildman–Crippen LogP) is 4.45. The van der Waals surface area contributed by atoms with Crippen molar-refractivity contribution in [3.63, 3.8) is 0 Å². The Bertz CT molecular complexity index is 629. The molecule has 4 heteroatoms. The van der Waals surface area contributed by atoms with Gasteiger partial charge in [0.05, 0.1) is 6.61 Å². The second kappa shape index (κ2) is 9.16. The molecule has 0 radical (unpaired) electrons. The number of hydrogen-bond donors (Lipinski definition) is 2. The monoisotopic (exact) mass is 328 g/mol. The van der Waals surface area contributed by atoms with Crippen LogP contribution in [0.1, 0.15) is 24.0 Å². The summed E-state index contributed by atoms with van der Waals surface area (Å²) in [7, 11) is 0. The molecule has 0 aliphatic heterocycles. The minimum Gasteiger partial charge on any atom is -0.494 e. The van der Waals surface area contributed by atoms with Gasteiger partial charge < -0.3 is 15.4 Å². The summed E-state index contributed by atoms with van der Waals surface area (Å²) in [5.41, 5.74) is 3.57. The van der Waals surface area contributed by atoms with Gasteiger partial charge in [-0.25, -0.2) is 0 Å². The van der Waals surface area contributed by atoms with Gasteiger partial charge in [-0.2, -0.15) is 0 Å². The maximum Gasteiger partial charge on any atom is 0.170 e. The van der Waals surface area contributed by atoms with Gasteiger partial charge in [0.15, 0.2) is 5.11 Å². The fourth-order valence-corrected chi connectivity index (χ4v) is 2.35. The summed E-state index contributed by atoms with van der Waals surface area (Å²) in [5.74, 6) is 0.924. The van der Waals surface area contributed by atoms with Crippen LogP contribution in [0, 0.1) is 13.8 Å². The third kappa shape index (κ3) is 6.28. The highest BCUT2D eigenvalue weighted by molar-refractivity contribution is 7.80. The molecule has 0 aliphatic rings. The smallest absolute Gasteiger partial charge is 0.170 e. The predicted molar refractivity (Wildman–Crippen MR) is 101 cm³/mol. The molecule has 0 heterocycles. The summed E-state index contributed by atoms with van der Waals surface area (Å²) >= 11 is 5.31. The Morgan fingerprint density at radius 1 is 1.00 bits per heavy atom. The molecule has 2 aromatic rings. The second-order valence-corrected chi connectivity index (χ2v) is 5.96. The molecule has 2 aromatic carbocycles. The molecular weight excluding hydrogens is 304 g/mol. The summed E-state index contributed by atoms with van der Waals surface area (Å²) in [5, 5.41) is 7.11. The van der Waals surface area contributed by atoms with E-state index in [0.29, 0.717) is 5.11 Å². The first-order valence-electron chi connectivity index (χ1n) is 7.95. The number of nitrogens with one attached hydrogen (secondary N) is 2. The molecule has 0 saturated heterocycles. The van der Waals surface area contributed by atoms with Crippen LogP contribution >= 0.6 is 12.2 Å². The summed E-state index contributed by atoms with van der Waals surface area (Å²) in [6.07, 6.45) is 2.01.